The largest absolute Gasteiger partial charge is 0.392 e. The van der Waals surface area contributed by atoms with Crippen LogP contribution >= 0.6 is 0 Å². The SMILES string of the molecule is CC(O)CNc1nc(N)cn2ccnc12. The zero-order valence-electron chi connectivity index (χ0n) is 8.38. The highest BCUT2D eigenvalue weighted by Gasteiger charge is 2.06. The van der Waals surface area contributed by atoms with Crippen LogP contribution in [0, 0.1) is 0 Å². The van der Waals surface area contributed by atoms with Crippen molar-refractivity contribution in [2.24, 2.45) is 0 Å². The number of rotatable bonds is 3. The molecule has 80 valence electrons. The monoisotopic (exact) mass is 207 g/mol. The van der Waals surface area contributed by atoms with E-state index in [9.17, 15) is 0 Å². The van der Waals surface area contributed by atoms with Crippen LogP contribution in [-0.2, 0) is 0 Å². The molecule has 0 aliphatic rings. The van der Waals surface area contributed by atoms with Crippen molar-refractivity contribution < 1.29 is 5.11 Å². The maximum atomic E-state index is 9.16. The first-order chi connectivity index (χ1) is 7.16. The number of nitrogens with zero attached hydrogens (tertiary/aromatic N) is 3. The van der Waals surface area contributed by atoms with Gasteiger partial charge in [0.25, 0.3) is 0 Å². The van der Waals surface area contributed by atoms with Crippen molar-refractivity contribution in [2.45, 2.75) is 13.0 Å². The number of aromatic nitrogens is 3. The van der Waals surface area contributed by atoms with Gasteiger partial charge in [-0.25, -0.2) is 9.97 Å². The van der Waals surface area contributed by atoms with Crippen LogP contribution in [0.3, 0.4) is 0 Å². The zero-order valence-corrected chi connectivity index (χ0v) is 8.38. The van der Waals surface area contributed by atoms with E-state index >= 15 is 0 Å². The fraction of sp³-hybridized carbons (Fsp3) is 0.333. The van der Waals surface area contributed by atoms with E-state index in [1.165, 1.54) is 0 Å². The molecule has 0 aliphatic carbocycles. The molecule has 0 fully saturated rings. The molecule has 2 rings (SSSR count). The van der Waals surface area contributed by atoms with Crippen LogP contribution in [0.4, 0.5) is 11.6 Å². The minimum atomic E-state index is -0.441. The molecular weight excluding hydrogens is 194 g/mol. The molecule has 0 aliphatic heterocycles. The van der Waals surface area contributed by atoms with E-state index in [0.717, 1.165) is 0 Å². The number of imidazole rings is 1. The van der Waals surface area contributed by atoms with Crippen molar-refractivity contribution in [1.29, 1.82) is 0 Å². The summed E-state index contributed by atoms with van der Waals surface area (Å²) in [5.41, 5.74) is 6.33. The van der Waals surface area contributed by atoms with Crippen LogP contribution in [0.5, 0.6) is 0 Å². The average Bonchev–Trinajstić information content (AvgIpc) is 2.61. The Morgan fingerprint density at radius 1 is 1.67 bits per heavy atom. The van der Waals surface area contributed by atoms with Crippen molar-refractivity contribution in [2.75, 3.05) is 17.6 Å². The first kappa shape index (κ1) is 9.72. The molecule has 2 heterocycles. The summed E-state index contributed by atoms with van der Waals surface area (Å²) in [4.78, 5) is 8.26. The summed E-state index contributed by atoms with van der Waals surface area (Å²) < 4.78 is 1.78. The predicted octanol–water partition coefficient (Wildman–Crippen LogP) is 0.104. The van der Waals surface area contributed by atoms with Gasteiger partial charge < -0.3 is 20.6 Å². The first-order valence-electron chi connectivity index (χ1n) is 4.68. The Hall–Kier alpha value is -1.82. The van der Waals surface area contributed by atoms with Crippen LogP contribution < -0.4 is 11.1 Å². The summed E-state index contributed by atoms with van der Waals surface area (Å²) in [7, 11) is 0. The normalized spacial score (nSPS) is 12.9. The number of anilines is 2. The van der Waals surface area contributed by atoms with E-state index in [4.69, 9.17) is 10.8 Å². The van der Waals surface area contributed by atoms with E-state index in [0.29, 0.717) is 23.8 Å². The van der Waals surface area contributed by atoms with Gasteiger partial charge in [0.2, 0.25) is 0 Å². The molecule has 6 nitrogen and oxygen atoms in total. The Balaban J connectivity index is 2.35. The number of nitrogens with two attached hydrogens (primary N) is 1. The molecular formula is C9H13N5O. The van der Waals surface area contributed by atoms with Gasteiger partial charge in [-0.05, 0) is 6.92 Å². The third-order valence-corrected chi connectivity index (χ3v) is 1.96. The quantitative estimate of drug-likeness (QED) is 0.664. The second-order valence-corrected chi connectivity index (χ2v) is 3.40. The molecule has 2 aromatic rings. The zero-order chi connectivity index (χ0) is 10.8. The molecule has 0 amide bonds. The van der Waals surface area contributed by atoms with Gasteiger partial charge in [-0.1, -0.05) is 0 Å². The molecule has 0 saturated carbocycles. The summed E-state index contributed by atoms with van der Waals surface area (Å²) in [5.74, 6) is 0.995. The number of nitrogen functional groups attached to an aromatic ring is 1. The number of fused-ring (bicyclic) bond motifs is 1. The first-order valence-corrected chi connectivity index (χ1v) is 4.68. The Morgan fingerprint density at radius 3 is 3.20 bits per heavy atom. The Labute approximate surface area is 86.8 Å². The number of aliphatic hydroxyl groups is 1. The lowest BCUT2D eigenvalue weighted by Crippen LogP contribution is -2.17. The Bertz CT molecular complexity index is 464. The fourth-order valence-electron chi connectivity index (χ4n) is 1.31. The minimum absolute atomic E-state index is 0.411. The maximum Gasteiger partial charge on any atom is 0.180 e. The third kappa shape index (κ3) is 1.99. The molecule has 0 aromatic carbocycles. The number of hydrogen-bond donors (Lipinski definition) is 3. The average molecular weight is 207 g/mol. The van der Waals surface area contributed by atoms with Crippen LogP contribution in [0.25, 0.3) is 5.65 Å². The van der Waals surface area contributed by atoms with Gasteiger partial charge >= 0.3 is 0 Å². The van der Waals surface area contributed by atoms with E-state index in [-0.39, 0.29) is 0 Å². The van der Waals surface area contributed by atoms with Crippen molar-refractivity contribution in [3.8, 4) is 0 Å². The van der Waals surface area contributed by atoms with E-state index in [1.54, 1.807) is 29.9 Å². The molecule has 0 bridgehead atoms. The van der Waals surface area contributed by atoms with Gasteiger partial charge in [-0.3, -0.25) is 0 Å². The fourth-order valence-corrected chi connectivity index (χ4v) is 1.31. The van der Waals surface area contributed by atoms with E-state index in [1.807, 2.05) is 0 Å². The molecule has 2 aromatic heterocycles. The summed E-state index contributed by atoms with van der Waals surface area (Å²) in [6.45, 7) is 2.11. The molecule has 4 N–H and O–H groups in total. The maximum absolute atomic E-state index is 9.16. The minimum Gasteiger partial charge on any atom is -0.392 e. The highest BCUT2D eigenvalue weighted by Crippen LogP contribution is 2.14. The number of nitrogens with one attached hydrogen (secondary N) is 1. The molecule has 15 heavy (non-hydrogen) atoms. The van der Waals surface area contributed by atoms with Crippen LogP contribution in [0.15, 0.2) is 18.6 Å². The Morgan fingerprint density at radius 2 is 2.47 bits per heavy atom. The lowest BCUT2D eigenvalue weighted by Gasteiger charge is -2.09. The summed E-state index contributed by atoms with van der Waals surface area (Å²) in [6, 6.07) is 0. The van der Waals surface area contributed by atoms with Crippen molar-refractivity contribution in [1.82, 2.24) is 14.4 Å². The van der Waals surface area contributed by atoms with Crippen molar-refractivity contribution in [3.63, 3.8) is 0 Å². The van der Waals surface area contributed by atoms with Gasteiger partial charge in [0, 0.05) is 18.9 Å². The second-order valence-electron chi connectivity index (χ2n) is 3.40. The standard InChI is InChI=1S/C9H13N5O/c1-6(15)4-12-8-9-11-2-3-14(9)5-7(10)13-8/h2-3,5-6,15H,4,10H2,1H3,(H,12,13). The van der Waals surface area contributed by atoms with E-state index < -0.39 is 6.10 Å². The molecule has 6 heteroatoms. The molecule has 0 saturated heterocycles. The van der Waals surface area contributed by atoms with Crippen LogP contribution in [0.1, 0.15) is 6.92 Å². The number of hydrogen-bond acceptors (Lipinski definition) is 5. The third-order valence-electron chi connectivity index (χ3n) is 1.96. The molecule has 0 spiro atoms. The smallest absolute Gasteiger partial charge is 0.180 e. The van der Waals surface area contributed by atoms with Gasteiger partial charge in [0.15, 0.2) is 11.5 Å². The van der Waals surface area contributed by atoms with Gasteiger partial charge in [-0.15, -0.1) is 0 Å². The highest BCUT2D eigenvalue weighted by molar-refractivity contribution is 5.64. The van der Waals surface area contributed by atoms with E-state index in [2.05, 4.69) is 15.3 Å². The Kier molecular flexibility index (Phi) is 2.42. The van der Waals surface area contributed by atoms with Crippen molar-refractivity contribution in [3.05, 3.63) is 18.6 Å². The highest BCUT2D eigenvalue weighted by atomic mass is 16.3. The summed E-state index contributed by atoms with van der Waals surface area (Å²) in [6.07, 6.45) is 4.71. The lowest BCUT2D eigenvalue weighted by molar-refractivity contribution is 0.208. The summed E-state index contributed by atoms with van der Waals surface area (Å²) in [5, 5.41) is 12.1. The van der Waals surface area contributed by atoms with Gasteiger partial charge in [-0.2, -0.15) is 0 Å². The number of aliphatic hydroxyl groups excluding tert-OH is 1. The summed E-state index contributed by atoms with van der Waals surface area (Å²) >= 11 is 0. The predicted molar refractivity (Wildman–Crippen MR) is 57.6 cm³/mol. The topological polar surface area (TPSA) is 88.5 Å². The van der Waals surface area contributed by atoms with Gasteiger partial charge in [0.05, 0.1) is 12.3 Å². The van der Waals surface area contributed by atoms with Gasteiger partial charge in [0.1, 0.15) is 5.82 Å². The van der Waals surface area contributed by atoms with Crippen molar-refractivity contribution >= 4 is 17.3 Å². The lowest BCUT2D eigenvalue weighted by atomic mass is 10.4. The molecule has 0 radical (unpaired) electrons. The molecule has 1 unspecified atom stereocenters. The van der Waals surface area contributed by atoms with Crippen LogP contribution in [0.2, 0.25) is 0 Å². The van der Waals surface area contributed by atoms with Crippen LogP contribution in [-0.4, -0.2) is 32.1 Å². The molecule has 1 atom stereocenters. The second kappa shape index (κ2) is 3.74.